The van der Waals surface area contributed by atoms with Gasteiger partial charge >= 0.3 is 37.7 Å². The fourth-order valence-electron chi connectivity index (χ4n) is 3.84. The van der Waals surface area contributed by atoms with E-state index in [0.717, 1.165) is 11.1 Å². The van der Waals surface area contributed by atoms with E-state index in [1.807, 2.05) is 12.2 Å². The van der Waals surface area contributed by atoms with Crippen molar-refractivity contribution in [2.45, 2.75) is 26.7 Å². The monoisotopic (exact) mass is 504 g/mol. The van der Waals surface area contributed by atoms with Crippen molar-refractivity contribution in [3.8, 4) is 0 Å². The maximum atomic E-state index is 11.2. The molecular formula is C26H26Li2N4O6. The van der Waals surface area contributed by atoms with Crippen molar-refractivity contribution in [2.75, 3.05) is 26.2 Å². The number of aromatic carboxylic acids is 2. The number of pyridine rings is 2. The number of rotatable bonds is 4. The number of carbonyl (C=O) groups excluding carboxylic acids is 4. The molecule has 38 heavy (non-hydrogen) atoms. The predicted octanol–water partition coefficient (Wildman–Crippen LogP) is -5.83. The van der Waals surface area contributed by atoms with Crippen molar-refractivity contribution < 1.29 is 67.1 Å². The minimum Gasteiger partial charge on any atom is -0.545 e. The predicted molar refractivity (Wildman–Crippen MR) is 127 cm³/mol. The summed E-state index contributed by atoms with van der Waals surface area (Å²) in [5.74, 6) is -2.33. The van der Waals surface area contributed by atoms with Gasteiger partial charge < -0.3 is 29.6 Å². The zero-order valence-corrected chi connectivity index (χ0v) is 22.1. The van der Waals surface area contributed by atoms with Gasteiger partial charge in [-0.2, -0.15) is 0 Å². The van der Waals surface area contributed by atoms with Crippen molar-refractivity contribution in [1.29, 1.82) is 0 Å². The molecule has 4 heterocycles. The van der Waals surface area contributed by atoms with Gasteiger partial charge in [-0.1, -0.05) is 12.2 Å². The molecular weight excluding hydrogens is 478 g/mol. The molecule has 2 aliphatic heterocycles. The third kappa shape index (κ3) is 9.00. The molecule has 0 N–H and O–H groups in total. The molecule has 0 aliphatic carbocycles. The molecule has 2 aliphatic rings. The van der Waals surface area contributed by atoms with Gasteiger partial charge in [-0.3, -0.25) is 19.6 Å². The van der Waals surface area contributed by atoms with Gasteiger partial charge in [-0.05, 0) is 48.3 Å². The maximum Gasteiger partial charge on any atom is 1.00 e. The molecule has 0 saturated heterocycles. The van der Waals surface area contributed by atoms with E-state index < -0.39 is 11.9 Å². The molecule has 0 bridgehead atoms. The molecule has 10 nitrogen and oxygen atoms in total. The average Bonchev–Trinajstić information content (AvgIpc) is 2.89. The van der Waals surface area contributed by atoms with Gasteiger partial charge in [-0.15, -0.1) is 0 Å². The van der Waals surface area contributed by atoms with Crippen molar-refractivity contribution >= 4 is 34.9 Å². The van der Waals surface area contributed by atoms with Crippen LogP contribution in [0.5, 0.6) is 0 Å². The topological polar surface area (TPSA) is 147 Å². The summed E-state index contributed by atoms with van der Waals surface area (Å²) in [4.78, 5) is 55.7. The largest absolute Gasteiger partial charge is 1.00 e. The number of carboxylic acids is 2. The van der Waals surface area contributed by atoms with Crippen LogP contribution in [0, 0.1) is 0 Å². The molecule has 0 saturated carbocycles. The minimum absolute atomic E-state index is 0. The van der Waals surface area contributed by atoms with Gasteiger partial charge in [0.1, 0.15) is 0 Å². The van der Waals surface area contributed by atoms with Crippen LogP contribution in [0.15, 0.2) is 48.8 Å². The zero-order chi connectivity index (χ0) is 26.2. The number of carboxylic acid groups (broad SMARTS) is 2. The molecule has 188 valence electrons. The molecule has 0 unspecified atom stereocenters. The Kier molecular flexibility index (Phi) is 13.2. The average molecular weight is 504 g/mol. The van der Waals surface area contributed by atoms with Gasteiger partial charge in [0.2, 0.25) is 11.8 Å². The summed E-state index contributed by atoms with van der Waals surface area (Å²) in [5.41, 5.74) is 3.45. The first-order valence-corrected chi connectivity index (χ1v) is 11.4. The summed E-state index contributed by atoms with van der Waals surface area (Å²) in [6, 6.07) is 5.82. The Morgan fingerprint density at radius 3 is 1.34 bits per heavy atom. The summed E-state index contributed by atoms with van der Waals surface area (Å²) >= 11 is 0. The smallest absolute Gasteiger partial charge is 0.545 e. The number of amides is 2. The summed E-state index contributed by atoms with van der Waals surface area (Å²) in [6.07, 6.45) is 8.10. The Morgan fingerprint density at radius 1 is 0.711 bits per heavy atom. The van der Waals surface area contributed by atoms with Crippen LogP contribution < -0.4 is 47.9 Å². The first-order chi connectivity index (χ1) is 17.2. The third-order valence-electron chi connectivity index (χ3n) is 5.96. The van der Waals surface area contributed by atoms with Crippen LogP contribution >= 0.6 is 0 Å². The second-order valence-corrected chi connectivity index (χ2v) is 8.32. The Morgan fingerprint density at radius 2 is 1.08 bits per heavy atom. The Hall–Kier alpha value is -3.15. The van der Waals surface area contributed by atoms with Crippen LogP contribution in [0.25, 0.3) is 11.1 Å². The summed E-state index contributed by atoms with van der Waals surface area (Å²) in [5, 5.41) is 21.5. The van der Waals surface area contributed by atoms with Gasteiger partial charge in [-0.25, -0.2) is 0 Å². The first kappa shape index (κ1) is 32.9. The number of carbonyl (C=O) groups is 4. The van der Waals surface area contributed by atoms with E-state index in [2.05, 4.69) is 9.97 Å². The fourth-order valence-corrected chi connectivity index (χ4v) is 3.84. The number of aromatic nitrogens is 2. The molecule has 2 amide bonds. The molecule has 0 atom stereocenters. The van der Waals surface area contributed by atoms with Crippen molar-refractivity contribution in [1.82, 2.24) is 19.8 Å². The van der Waals surface area contributed by atoms with Crippen LogP contribution in [0.4, 0.5) is 0 Å². The first-order valence-electron chi connectivity index (χ1n) is 11.4. The van der Waals surface area contributed by atoms with E-state index in [1.54, 1.807) is 9.80 Å². The van der Waals surface area contributed by atoms with E-state index in [-0.39, 0.29) is 60.7 Å². The Balaban J connectivity index is 0.000000361. The molecule has 0 fully saturated rings. The molecule has 4 rings (SSSR count). The summed E-state index contributed by atoms with van der Waals surface area (Å²) < 4.78 is 0. The van der Waals surface area contributed by atoms with Crippen LogP contribution in [0.3, 0.4) is 0 Å². The van der Waals surface area contributed by atoms with Gasteiger partial charge in [0, 0.05) is 63.5 Å². The van der Waals surface area contributed by atoms with E-state index in [9.17, 15) is 29.4 Å². The molecule has 12 heteroatoms. The molecule has 0 aromatic carbocycles. The van der Waals surface area contributed by atoms with Crippen LogP contribution in [-0.2, 0) is 9.59 Å². The Bertz CT molecular complexity index is 1150. The van der Waals surface area contributed by atoms with E-state index in [0.29, 0.717) is 50.4 Å². The van der Waals surface area contributed by atoms with Gasteiger partial charge in [0.25, 0.3) is 0 Å². The fraction of sp³-hybridized carbons (Fsp3) is 0.308. The molecule has 0 radical (unpaired) electrons. The van der Waals surface area contributed by atoms with E-state index in [4.69, 9.17) is 0 Å². The minimum atomic E-state index is -1.21. The third-order valence-corrected chi connectivity index (χ3v) is 5.96. The van der Waals surface area contributed by atoms with E-state index >= 15 is 0 Å². The molecule has 2 aromatic heterocycles. The number of hydrogen-bond donors (Lipinski definition) is 0. The van der Waals surface area contributed by atoms with Gasteiger partial charge in [0.15, 0.2) is 0 Å². The number of nitrogens with zero attached hydrogens (tertiary/aromatic N) is 4. The van der Waals surface area contributed by atoms with Crippen molar-refractivity contribution in [3.63, 3.8) is 0 Å². The SMILES string of the molecule is CC(=O)N1CC=C(c2cc(C(=O)[O-])ccn2)CC1.CC(=O)N1CC=C(c2cc(C(=O)[O-])ccn2)CC1.[Li+].[Li+]. The second-order valence-electron chi connectivity index (χ2n) is 8.32. The van der Waals surface area contributed by atoms with Crippen LogP contribution in [-0.4, -0.2) is 69.7 Å². The zero-order valence-electron chi connectivity index (χ0n) is 22.1. The summed E-state index contributed by atoms with van der Waals surface area (Å²) in [6.45, 7) is 5.43. The van der Waals surface area contributed by atoms with E-state index in [1.165, 1.54) is 50.5 Å². The quantitative estimate of drug-likeness (QED) is 0.374. The number of hydrogen-bond acceptors (Lipinski definition) is 8. The standard InChI is InChI=1S/2C13H14N2O3.2Li/c2*1-9(16)15-6-3-10(4-7-15)12-8-11(13(17)18)2-5-14-12;;/h2*2-3,5,8H,4,6-7H2,1H3,(H,17,18);;/q;;2*+1/p-2. The second kappa shape index (κ2) is 15.3. The van der Waals surface area contributed by atoms with Crippen molar-refractivity contribution in [2.24, 2.45) is 0 Å². The van der Waals surface area contributed by atoms with Gasteiger partial charge in [0.05, 0.1) is 23.3 Å². The Labute approximate surface area is 245 Å². The molecule has 2 aromatic rings. The van der Waals surface area contributed by atoms with Crippen LogP contribution in [0.1, 0.15) is 58.8 Å². The van der Waals surface area contributed by atoms with Crippen molar-refractivity contribution in [3.05, 3.63) is 71.3 Å². The maximum absolute atomic E-state index is 11.2. The molecule has 0 spiro atoms. The van der Waals surface area contributed by atoms with Crippen LogP contribution in [0.2, 0.25) is 0 Å². The normalized spacial score (nSPS) is 14.4. The summed E-state index contributed by atoms with van der Waals surface area (Å²) in [7, 11) is 0.